The maximum Gasteiger partial charge on any atom is 0.251 e. The molecule has 0 aliphatic rings. The lowest BCUT2D eigenvalue weighted by Crippen LogP contribution is -1.95. The van der Waals surface area contributed by atoms with Gasteiger partial charge in [-0.05, 0) is 11.3 Å². The van der Waals surface area contributed by atoms with Crippen LogP contribution < -0.4 is 0 Å². The molecule has 0 radical (unpaired) electrons. The van der Waals surface area contributed by atoms with E-state index in [2.05, 4.69) is 5.28 Å². The van der Waals surface area contributed by atoms with Crippen molar-refractivity contribution in [3.8, 4) is 0 Å². The van der Waals surface area contributed by atoms with Gasteiger partial charge in [-0.25, -0.2) is 0 Å². The highest BCUT2D eigenvalue weighted by atomic mass is 16.6. The molecule has 0 atom stereocenters. The van der Waals surface area contributed by atoms with Crippen LogP contribution in [0.25, 0.3) is 0 Å². The second kappa shape index (κ2) is 3.71. The van der Waals surface area contributed by atoms with Crippen LogP contribution in [0.3, 0.4) is 0 Å². The lowest BCUT2D eigenvalue weighted by Gasteiger charge is -2.01. The summed E-state index contributed by atoms with van der Waals surface area (Å²) < 4.78 is 0. The summed E-state index contributed by atoms with van der Waals surface area (Å²) in [5.74, 6) is 0. The number of rotatable bonds is 2. The average Bonchev–Trinajstić information content (AvgIpc) is 2.16. The molecule has 1 aromatic carbocycles. The third-order valence-electron chi connectivity index (χ3n) is 1.66. The summed E-state index contributed by atoms with van der Waals surface area (Å²) in [6, 6.07) is 7.01. The van der Waals surface area contributed by atoms with Gasteiger partial charge in [-0.1, -0.05) is 25.1 Å². The zero-order valence-corrected chi connectivity index (χ0v) is 6.77. The number of nitrogens with zero attached hydrogens (tertiary/aromatic N) is 2. The molecule has 64 valence electrons. The van der Waals surface area contributed by atoms with Crippen molar-refractivity contribution in [3.05, 3.63) is 35.0 Å². The van der Waals surface area contributed by atoms with Crippen LogP contribution in [0.4, 0.5) is 5.69 Å². The number of hydrogen-bond donors (Lipinski definition) is 1. The van der Waals surface area contributed by atoms with E-state index in [-0.39, 0.29) is 4.86 Å². The minimum Gasteiger partial charge on any atom is -0.592 e. The van der Waals surface area contributed by atoms with Crippen LogP contribution in [0, 0.1) is 5.21 Å². The first-order valence-electron chi connectivity index (χ1n) is 3.69. The van der Waals surface area contributed by atoms with E-state index >= 15 is 0 Å². The van der Waals surface area contributed by atoms with E-state index in [0.717, 1.165) is 12.0 Å². The standard InChI is InChI=1S/C8H10N2O2/c1-2-7-5-3-4-6-8(7)10(12)9-11/h3-6,11H,2H2,1H3. The highest BCUT2D eigenvalue weighted by Crippen LogP contribution is 2.18. The molecule has 0 aliphatic heterocycles. The van der Waals surface area contributed by atoms with Crippen molar-refractivity contribution < 1.29 is 10.1 Å². The van der Waals surface area contributed by atoms with Crippen LogP contribution >= 0.6 is 0 Å². The molecule has 0 aliphatic carbocycles. The summed E-state index contributed by atoms with van der Waals surface area (Å²) in [5, 5.41) is 21.7. The van der Waals surface area contributed by atoms with Gasteiger partial charge < -0.3 is 10.4 Å². The number of hydrogen-bond acceptors (Lipinski definition) is 2. The highest BCUT2D eigenvalue weighted by Gasteiger charge is 2.08. The smallest absolute Gasteiger partial charge is 0.251 e. The van der Waals surface area contributed by atoms with Crippen LogP contribution in [-0.2, 0) is 6.42 Å². The van der Waals surface area contributed by atoms with Crippen LogP contribution in [-0.4, -0.2) is 10.1 Å². The van der Waals surface area contributed by atoms with E-state index in [1.165, 1.54) is 0 Å². The molecule has 0 amide bonds. The summed E-state index contributed by atoms with van der Waals surface area (Å²) in [4.78, 5) is 0.207. The van der Waals surface area contributed by atoms with Crippen molar-refractivity contribution in [1.82, 2.24) is 0 Å². The van der Waals surface area contributed by atoms with Crippen LogP contribution in [0.2, 0.25) is 0 Å². The molecule has 12 heavy (non-hydrogen) atoms. The molecule has 1 rings (SSSR count). The van der Waals surface area contributed by atoms with Crippen LogP contribution in [0.15, 0.2) is 29.5 Å². The predicted molar refractivity (Wildman–Crippen MR) is 43.3 cm³/mol. The van der Waals surface area contributed by atoms with Crippen LogP contribution in [0.5, 0.6) is 0 Å². The Balaban J connectivity index is 3.13. The topological polar surface area (TPSA) is 58.7 Å². The SMILES string of the molecule is CCc1ccccc1[N+]([O-])=NO. The Morgan fingerprint density at radius 3 is 2.75 bits per heavy atom. The zero-order chi connectivity index (χ0) is 8.97. The third kappa shape index (κ3) is 1.53. The summed E-state index contributed by atoms with van der Waals surface area (Å²) in [7, 11) is 0. The zero-order valence-electron chi connectivity index (χ0n) is 6.77. The molecule has 0 heterocycles. The van der Waals surface area contributed by atoms with E-state index in [9.17, 15) is 5.21 Å². The second-order valence-electron chi connectivity index (χ2n) is 2.34. The molecular formula is C8H10N2O2. The minimum absolute atomic E-state index is 0.207. The average molecular weight is 166 g/mol. The number of aryl methyl sites for hydroxylation is 1. The molecule has 4 heteroatoms. The molecular weight excluding hydrogens is 156 g/mol. The Kier molecular flexibility index (Phi) is 2.63. The van der Waals surface area contributed by atoms with Crippen molar-refractivity contribution in [2.24, 2.45) is 5.28 Å². The van der Waals surface area contributed by atoms with Gasteiger partial charge in [0, 0.05) is 11.6 Å². The van der Waals surface area contributed by atoms with Gasteiger partial charge in [-0.2, -0.15) is 0 Å². The van der Waals surface area contributed by atoms with Gasteiger partial charge in [0.1, 0.15) is 0 Å². The lowest BCUT2D eigenvalue weighted by atomic mass is 10.1. The molecule has 4 nitrogen and oxygen atoms in total. The fourth-order valence-corrected chi connectivity index (χ4v) is 1.04. The number of para-hydroxylation sites is 1. The Labute approximate surface area is 70.3 Å². The molecule has 0 spiro atoms. The van der Waals surface area contributed by atoms with Crippen molar-refractivity contribution in [2.75, 3.05) is 0 Å². The summed E-state index contributed by atoms with van der Waals surface area (Å²) in [6.45, 7) is 1.93. The Bertz CT molecular complexity index is 297. The minimum atomic E-state index is 0.207. The summed E-state index contributed by atoms with van der Waals surface area (Å²) in [5.41, 5.74) is 1.26. The van der Waals surface area contributed by atoms with Crippen LogP contribution in [0.1, 0.15) is 12.5 Å². The summed E-state index contributed by atoms with van der Waals surface area (Å²) >= 11 is 0. The second-order valence-corrected chi connectivity index (χ2v) is 2.34. The lowest BCUT2D eigenvalue weighted by molar-refractivity contribution is -0.474. The third-order valence-corrected chi connectivity index (χ3v) is 1.66. The quantitative estimate of drug-likeness (QED) is 0.416. The number of benzene rings is 1. The first kappa shape index (κ1) is 8.52. The predicted octanol–water partition coefficient (Wildman–Crippen LogP) is 2.23. The van der Waals surface area contributed by atoms with Gasteiger partial charge >= 0.3 is 0 Å². The highest BCUT2D eigenvalue weighted by molar-refractivity contribution is 5.39. The molecule has 0 saturated carbocycles. The summed E-state index contributed by atoms with van der Waals surface area (Å²) in [6.07, 6.45) is 0.741. The van der Waals surface area contributed by atoms with Crippen molar-refractivity contribution in [2.45, 2.75) is 13.3 Å². The molecule has 1 N–H and O–H groups in total. The van der Waals surface area contributed by atoms with E-state index in [4.69, 9.17) is 5.21 Å². The molecule has 0 bridgehead atoms. The van der Waals surface area contributed by atoms with E-state index in [0.29, 0.717) is 5.69 Å². The molecule has 0 fully saturated rings. The van der Waals surface area contributed by atoms with Crippen molar-refractivity contribution in [3.63, 3.8) is 0 Å². The Morgan fingerprint density at radius 1 is 1.50 bits per heavy atom. The molecule has 0 saturated heterocycles. The molecule has 0 aromatic heterocycles. The van der Waals surface area contributed by atoms with Gasteiger partial charge in [0.15, 0.2) is 0 Å². The van der Waals surface area contributed by atoms with E-state index in [1.807, 2.05) is 19.1 Å². The molecule has 0 unspecified atom stereocenters. The van der Waals surface area contributed by atoms with Gasteiger partial charge in [0.2, 0.25) is 5.28 Å². The van der Waals surface area contributed by atoms with Gasteiger partial charge in [0.05, 0.1) is 0 Å². The first-order valence-corrected chi connectivity index (χ1v) is 3.69. The van der Waals surface area contributed by atoms with Gasteiger partial charge in [-0.3, -0.25) is 0 Å². The first-order chi connectivity index (χ1) is 5.79. The molecule has 1 aromatic rings. The Morgan fingerprint density at radius 2 is 2.17 bits per heavy atom. The van der Waals surface area contributed by atoms with Crippen molar-refractivity contribution >= 4 is 5.69 Å². The maximum atomic E-state index is 10.9. The fourth-order valence-electron chi connectivity index (χ4n) is 1.04. The fraction of sp³-hybridized carbons (Fsp3) is 0.250. The van der Waals surface area contributed by atoms with Gasteiger partial charge in [0.25, 0.3) is 5.69 Å². The normalized spacial score (nSPS) is 11.6. The van der Waals surface area contributed by atoms with Crippen molar-refractivity contribution in [1.29, 1.82) is 0 Å². The maximum absolute atomic E-state index is 10.9. The van der Waals surface area contributed by atoms with Gasteiger partial charge in [-0.15, -0.1) is 0 Å². The largest absolute Gasteiger partial charge is 0.592 e. The Hall–Kier alpha value is -1.58. The van der Waals surface area contributed by atoms with E-state index < -0.39 is 0 Å². The van der Waals surface area contributed by atoms with E-state index in [1.54, 1.807) is 12.1 Å². The monoisotopic (exact) mass is 166 g/mol.